The second-order valence-electron chi connectivity index (χ2n) is 3.34. The first-order valence-corrected chi connectivity index (χ1v) is 5.92. The van der Waals surface area contributed by atoms with Gasteiger partial charge in [0.2, 0.25) is 0 Å². The van der Waals surface area contributed by atoms with Crippen molar-refractivity contribution in [2.75, 3.05) is 11.9 Å². The number of halogens is 3. The van der Waals surface area contributed by atoms with Crippen LogP contribution in [-0.2, 0) is 0 Å². The Morgan fingerprint density at radius 2 is 1.87 bits per heavy atom. The van der Waals surface area contributed by atoms with Gasteiger partial charge < -0.3 is 4.74 Å². The molecule has 0 bridgehead atoms. The Labute approximate surface area is 96.6 Å². The highest BCUT2D eigenvalue weighted by atomic mass is 79.9. The van der Waals surface area contributed by atoms with Gasteiger partial charge in [0.05, 0.1) is 6.61 Å². The zero-order valence-electron chi connectivity index (χ0n) is 8.47. The van der Waals surface area contributed by atoms with Crippen molar-refractivity contribution in [1.82, 2.24) is 0 Å². The highest BCUT2D eigenvalue weighted by molar-refractivity contribution is 9.09. The van der Waals surface area contributed by atoms with Crippen LogP contribution in [0.2, 0.25) is 0 Å². The summed E-state index contributed by atoms with van der Waals surface area (Å²) in [5.41, 5.74) is 0. The Morgan fingerprint density at radius 3 is 2.33 bits per heavy atom. The quantitative estimate of drug-likeness (QED) is 0.745. The molecule has 1 atom stereocenters. The molecular weight excluding hydrogens is 266 g/mol. The van der Waals surface area contributed by atoms with Gasteiger partial charge in [-0.2, -0.15) is 0 Å². The molecule has 84 valence electrons. The van der Waals surface area contributed by atoms with Gasteiger partial charge in [-0.25, -0.2) is 8.78 Å². The van der Waals surface area contributed by atoms with E-state index in [9.17, 15) is 8.78 Å². The Bertz CT molecular complexity index is 293. The molecule has 0 aromatic heterocycles. The zero-order chi connectivity index (χ0) is 11.3. The largest absolute Gasteiger partial charge is 0.493 e. The number of rotatable bonds is 5. The van der Waals surface area contributed by atoms with Crippen molar-refractivity contribution in [2.45, 2.75) is 13.3 Å². The summed E-state index contributed by atoms with van der Waals surface area (Å²) in [6.45, 7) is 2.51. The van der Waals surface area contributed by atoms with Crippen molar-refractivity contribution in [3.8, 4) is 5.75 Å². The standard InChI is InChI=1S/C11H13BrF2O/c1-2-8(6-12)7-15-11-4-9(13)3-10(14)5-11/h3-5,8H,2,6-7H2,1H3. The minimum atomic E-state index is -0.614. The maximum atomic E-state index is 12.8. The van der Waals surface area contributed by atoms with Crippen LogP contribution in [0.25, 0.3) is 0 Å². The Hall–Kier alpha value is -0.640. The summed E-state index contributed by atoms with van der Waals surface area (Å²) < 4.78 is 30.9. The Balaban J connectivity index is 2.57. The molecular formula is C11H13BrF2O. The lowest BCUT2D eigenvalue weighted by atomic mass is 10.1. The van der Waals surface area contributed by atoms with E-state index in [1.54, 1.807) is 0 Å². The fourth-order valence-electron chi connectivity index (χ4n) is 1.10. The molecule has 15 heavy (non-hydrogen) atoms. The lowest BCUT2D eigenvalue weighted by molar-refractivity contribution is 0.258. The summed E-state index contributed by atoms with van der Waals surface area (Å²) >= 11 is 3.35. The summed E-state index contributed by atoms with van der Waals surface area (Å²) in [4.78, 5) is 0. The lowest BCUT2D eigenvalue weighted by Crippen LogP contribution is -2.12. The average molecular weight is 279 g/mol. The molecule has 1 rings (SSSR count). The SMILES string of the molecule is CCC(CBr)COc1cc(F)cc(F)c1. The predicted octanol–water partition coefficient (Wildman–Crippen LogP) is 3.76. The van der Waals surface area contributed by atoms with Gasteiger partial charge in [-0.3, -0.25) is 0 Å². The van der Waals surface area contributed by atoms with Gasteiger partial charge in [0, 0.05) is 29.4 Å². The first-order valence-electron chi connectivity index (χ1n) is 4.80. The number of hydrogen-bond donors (Lipinski definition) is 0. The van der Waals surface area contributed by atoms with E-state index < -0.39 is 11.6 Å². The van der Waals surface area contributed by atoms with E-state index in [-0.39, 0.29) is 5.75 Å². The van der Waals surface area contributed by atoms with Gasteiger partial charge in [-0.1, -0.05) is 22.9 Å². The minimum absolute atomic E-state index is 0.243. The summed E-state index contributed by atoms with van der Waals surface area (Å²) in [6, 6.07) is 3.20. The predicted molar refractivity (Wildman–Crippen MR) is 59.4 cm³/mol. The minimum Gasteiger partial charge on any atom is -0.493 e. The van der Waals surface area contributed by atoms with Gasteiger partial charge >= 0.3 is 0 Å². The van der Waals surface area contributed by atoms with Crippen LogP contribution in [0.3, 0.4) is 0 Å². The van der Waals surface area contributed by atoms with E-state index in [1.807, 2.05) is 6.92 Å². The van der Waals surface area contributed by atoms with Crippen molar-refractivity contribution in [1.29, 1.82) is 0 Å². The first-order chi connectivity index (χ1) is 7.15. The monoisotopic (exact) mass is 278 g/mol. The van der Waals surface area contributed by atoms with Gasteiger partial charge in [-0.05, 0) is 6.42 Å². The van der Waals surface area contributed by atoms with Gasteiger partial charge in [-0.15, -0.1) is 0 Å². The van der Waals surface area contributed by atoms with E-state index in [0.717, 1.165) is 17.8 Å². The topological polar surface area (TPSA) is 9.23 Å². The molecule has 4 heteroatoms. The molecule has 1 nitrogen and oxygen atoms in total. The highest BCUT2D eigenvalue weighted by Crippen LogP contribution is 2.17. The molecule has 0 fully saturated rings. The molecule has 1 unspecified atom stereocenters. The maximum absolute atomic E-state index is 12.8. The molecule has 0 aliphatic carbocycles. The first kappa shape index (κ1) is 12.4. The van der Waals surface area contributed by atoms with Crippen LogP contribution in [0.15, 0.2) is 18.2 Å². The molecule has 0 spiro atoms. The number of benzene rings is 1. The fourth-order valence-corrected chi connectivity index (χ4v) is 1.74. The third-order valence-electron chi connectivity index (χ3n) is 2.12. The normalized spacial score (nSPS) is 12.5. The van der Waals surface area contributed by atoms with Crippen molar-refractivity contribution >= 4 is 15.9 Å². The third kappa shape index (κ3) is 4.16. The molecule has 0 heterocycles. The fraction of sp³-hybridized carbons (Fsp3) is 0.455. The lowest BCUT2D eigenvalue weighted by Gasteiger charge is -2.13. The summed E-state index contributed by atoms with van der Waals surface area (Å²) in [5.74, 6) is -0.628. The molecule has 0 aliphatic heterocycles. The van der Waals surface area contributed by atoms with Crippen molar-refractivity contribution in [2.24, 2.45) is 5.92 Å². The van der Waals surface area contributed by atoms with E-state index in [0.29, 0.717) is 12.5 Å². The second kappa shape index (κ2) is 6.05. The number of hydrogen-bond acceptors (Lipinski definition) is 1. The van der Waals surface area contributed by atoms with Crippen LogP contribution in [0.5, 0.6) is 5.75 Å². The second-order valence-corrected chi connectivity index (χ2v) is 3.99. The van der Waals surface area contributed by atoms with Crippen LogP contribution < -0.4 is 4.74 Å². The number of alkyl halides is 1. The zero-order valence-corrected chi connectivity index (χ0v) is 10.1. The van der Waals surface area contributed by atoms with Crippen molar-refractivity contribution in [3.63, 3.8) is 0 Å². The Kier molecular flexibility index (Phi) is 5.02. The van der Waals surface area contributed by atoms with Gasteiger partial charge in [0.25, 0.3) is 0 Å². The number of ether oxygens (including phenoxy) is 1. The molecule has 1 aromatic rings. The van der Waals surface area contributed by atoms with Crippen molar-refractivity contribution < 1.29 is 13.5 Å². The van der Waals surface area contributed by atoms with Gasteiger partial charge in [0.1, 0.15) is 17.4 Å². The average Bonchev–Trinajstić information content (AvgIpc) is 2.18. The summed E-state index contributed by atoms with van der Waals surface area (Å²) in [6.07, 6.45) is 0.961. The van der Waals surface area contributed by atoms with Crippen LogP contribution in [0.4, 0.5) is 8.78 Å². The molecule has 0 saturated carbocycles. The molecule has 0 N–H and O–H groups in total. The third-order valence-corrected chi connectivity index (χ3v) is 3.03. The van der Waals surface area contributed by atoms with Crippen LogP contribution in [0, 0.1) is 17.6 Å². The summed E-state index contributed by atoms with van der Waals surface area (Å²) in [5, 5.41) is 0.821. The van der Waals surface area contributed by atoms with E-state index in [2.05, 4.69) is 15.9 Å². The van der Waals surface area contributed by atoms with Crippen LogP contribution >= 0.6 is 15.9 Å². The molecule has 0 amide bonds. The molecule has 0 radical (unpaired) electrons. The molecule has 0 saturated heterocycles. The molecule has 1 aromatic carbocycles. The van der Waals surface area contributed by atoms with Crippen molar-refractivity contribution in [3.05, 3.63) is 29.8 Å². The van der Waals surface area contributed by atoms with E-state index >= 15 is 0 Å². The highest BCUT2D eigenvalue weighted by Gasteiger charge is 2.06. The summed E-state index contributed by atoms with van der Waals surface area (Å²) in [7, 11) is 0. The molecule has 0 aliphatic rings. The van der Waals surface area contributed by atoms with Gasteiger partial charge in [0.15, 0.2) is 0 Å². The van der Waals surface area contributed by atoms with E-state index in [4.69, 9.17) is 4.74 Å². The van der Waals surface area contributed by atoms with Crippen LogP contribution in [-0.4, -0.2) is 11.9 Å². The Morgan fingerprint density at radius 1 is 1.27 bits per heavy atom. The smallest absolute Gasteiger partial charge is 0.129 e. The maximum Gasteiger partial charge on any atom is 0.129 e. The van der Waals surface area contributed by atoms with Crippen LogP contribution in [0.1, 0.15) is 13.3 Å². The van der Waals surface area contributed by atoms with E-state index in [1.165, 1.54) is 12.1 Å².